The molecule has 0 aliphatic heterocycles. The number of carbonyl (C=O) groups is 1. The lowest BCUT2D eigenvalue weighted by Gasteiger charge is -2.10. The Labute approximate surface area is 144 Å². The Kier molecular flexibility index (Phi) is 4.88. The van der Waals surface area contributed by atoms with E-state index in [4.69, 9.17) is 0 Å². The standard InChI is InChI=1S/C19H17F2N3O/c1-2-13-3-5-14(6-4-13)12-24-18(9-10-22-24)23-19(25)15-7-8-16(20)17(21)11-15/h3-11H,2,12H2,1H3,(H,23,25). The Morgan fingerprint density at radius 1 is 1.04 bits per heavy atom. The smallest absolute Gasteiger partial charge is 0.256 e. The molecule has 0 bridgehead atoms. The van der Waals surface area contributed by atoms with Crippen LogP contribution < -0.4 is 5.32 Å². The fraction of sp³-hybridized carbons (Fsp3) is 0.158. The number of amides is 1. The summed E-state index contributed by atoms with van der Waals surface area (Å²) in [4.78, 5) is 12.2. The van der Waals surface area contributed by atoms with E-state index in [0.717, 1.165) is 24.1 Å². The summed E-state index contributed by atoms with van der Waals surface area (Å²) in [5.74, 6) is -2.09. The van der Waals surface area contributed by atoms with Crippen molar-refractivity contribution in [2.24, 2.45) is 0 Å². The number of aryl methyl sites for hydroxylation is 1. The van der Waals surface area contributed by atoms with Gasteiger partial charge in [0, 0.05) is 11.6 Å². The van der Waals surface area contributed by atoms with Crippen molar-refractivity contribution in [2.75, 3.05) is 5.32 Å². The lowest BCUT2D eigenvalue weighted by atomic mass is 10.1. The van der Waals surface area contributed by atoms with E-state index in [-0.39, 0.29) is 5.56 Å². The van der Waals surface area contributed by atoms with E-state index in [0.29, 0.717) is 12.4 Å². The van der Waals surface area contributed by atoms with Crippen LogP contribution >= 0.6 is 0 Å². The first-order chi connectivity index (χ1) is 12.1. The molecule has 128 valence electrons. The highest BCUT2D eigenvalue weighted by Gasteiger charge is 2.12. The zero-order chi connectivity index (χ0) is 17.8. The molecule has 4 nitrogen and oxygen atoms in total. The van der Waals surface area contributed by atoms with Gasteiger partial charge in [-0.05, 0) is 35.7 Å². The lowest BCUT2D eigenvalue weighted by molar-refractivity contribution is 0.102. The molecule has 0 atom stereocenters. The van der Waals surface area contributed by atoms with Gasteiger partial charge in [0.2, 0.25) is 0 Å². The van der Waals surface area contributed by atoms with Gasteiger partial charge in [0.15, 0.2) is 11.6 Å². The monoisotopic (exact) mass is 341 g/mol. The Hall–Kier alpha value is -3.02. The second-order valence-electron chi connectivity index (χ2n) is 5.63. The molecule has 0 spiro atoms. The first kappa shape index (κ1) is 16.8. The summed E-state index contributed by atoms with van der Waals surface area (Å²) in [7, 11) is 0. The molecule has 0 unspecified atom stereocenters. The molecule has 1 aromatic heterocycles. The molecule has 25 heavy (non-hydrogen) atoms. The van der Waals surface area contributed by atoms with Crippen LogP contribution in [0.4, 0.5) is 14.6 Å². The zero-order valence-corrected chi connectivity index (χ0v) is 13.7. The van der Waals surface area contributed by atoms with E-state index in [1.807, 2.05) is 12.1 Å². The molecule has 1 N–H and O–H groups in total. The summed E-state index contributed by atoms with van der Waals surface area (Å²) < 4.78 is 27.9. The maximum atomic E-state index is 13.3. The average Bonchev–Trinajstić information content (AvgIpc) is 3.04. The molecule has 3 aromatic rings. The third kappa shape index (κ3) is 3.91. The van der Waals surface area contributed by atoms with E-state index in [2.05, 4.69) is 29.5 Å². The van der Waals surface area contributed by atoms with Crippen molar-refractivity contribution >= 4 is 11.7 Å². The van der Waals surface area contributed by atoms with Crippen molar-refractivity contribution in [2.45, 2.75) is 19.9 Å². The molecule has 0 radical (unpaired) electrons. The molecule has 0 aliphatic carbocycles. The third-order valence-electron chi connectivity index (χ3n) is 3.90. The SMILES string of the molecule is CCc1ccc(Cn2nccc2NC(=O)c2ccc(F)c(F)c2)cc1. The summed E-state index contributed by atoms with van der Waals surface area (Å²) >= 11 is 0. The minimum atomic E-state index is -1.06. The number of hydrogen-bond donors (Lipinski definition) is 1. The molecule has 1 heterocycles. The van der Waals surface area contributed by atoms with Gasteiger partial charge in [-0.2, -0.15) is 5.10 Å². The number of nitrogens with zero attached hydrogens (tertiary/aromatic N) is 2. The zero-order valence-electron chi connectivity index (χ0n) is 13.7. The Morgan fingerprint density at radius 3 is 2.44 bits per heavy atom. The van der Waals surface area contributed by atoms with E-state index in [9.17, 15) is 13.6 Å². The molecule has 3 rings (SSSR count). The Bertz CT molecular complexity index is 888. The minimum Gasteiger partial charge on any atom is -0.307 e. The summed E-state index contributed by atoms with van der Waals surface area (Å²) in [6, 6.07) is 12.8. The van der Waals surface area contributed by atoms with Crippen LogP contribution in [0.25, 0.3) is 0 Å². The quantitative estimate of drug-likeness (QED) is 0.762. The van der Waals surface area contributed by atoms with Gasteiger partial charge in [0.1, 0.15) is 5.82 Å². The van der Waals surface area contributed by atoms with Crippen molar-refractivity contribution in [3.05, 3.63) is 83.1 Å². The van der Waals surface area contributed by atoms with E-state index < -0.39 is 17.5 Å². The Balaban J connectivity index is 1.74. The van der Waals surface area contributed by atoms with Gasteiger partial charge < -0.3 is 5.32 Å². The molecule has 2 aromatic carbocycles. The highest BCUT2D eigenvalue weighted by atomic mass is 19.2. The van der Waals surface area contributed by atoms with Crippen LogP contribution in [0.2, 0.25) is 0 Å². The predicted octanol–water partition coefficient (Wildman–Crippen LogP) is 4.02. The lowest BCUT2D eigenvalue weighted by Crippen LogP contribution is -2.16. The number of aromatic nitrogens is 2. The van der Waals surface area contributed by atoms with Gasteiger partial charge in [-0.1, -0.05) is 31.2 Å². The molecule has 6 heteroatoms. The van der Waals surface area contributed by atoms with E-state index >= 15 is 0 Å². The van der Waals surface area contributed by atoms with E-state index in [1.54, 1.807) is 16.9 Å². The molecular formula is C19H17F2N3O. The Morgan fingerprint density at radius 2 is 1.76 bits per heavy atom. The average molecular weight is 341 g/mol. The summed E-state index contributed by atoms with van der Waals surface area (Å²) in [6.07, 6.45) is 2.54. The number of halogens is 2. The number of hydrogen-bond acceptors (Lipinski definition) is 2. The van der Waals surface area contributed by atoms with Crippen LogP contribution in [0.15, 0.2) is 54.7 Å². The summed E-state index contributed by atoms with van der Waals surface area (Å²) in [6.45, 7) is 2.58. The molecule has 0 aliphatic rings. The predicted molar refractivity (Wildman–Crippen MR) is 91.5 cm³/mol. The number of carbonyl (C=O) groups excluding carboxylic acids is 1. The highest BCUT2D eigenvalue weighted by molar-refractivity contribution is 6.03. The maximum absolute atomic E-state index is 13.3. The third-order valence-corrected chi connectivity index (χ3v) is 3.90. The summed E-state index contributed by atoms with van der Waals surface area (Å²) in [5, 5.41) is 6.87. The number of nitrogens with one attached hydrogen (secondary N) is 1. The minimum absolute atomic E-state index is 0.0407. The molecular weight excluding hydrogens is 324 g/mol. The fourth-order valence-corrected chi connectivity index (χ4v) is 2.44. The number of rotatable bonds is 5. The van der Waals surface area contributed by atoms with Crippen molar-refractivity contribution in [1.29, 1.82) is 0 Å². The van der Waals surface area contributed by atoms with Gasteiger partial charge >= 0.3 is 0 Å². The first-order valence-electron chi connectivity index (χ1n) is 7.93. The van der Waals surface area contributed by atoms with Crippen molar-refractivity contribution in [3.63, 3.8) is 0 Å². The number of anilines is 1. The van der Waals surface area contributed by atoms with Crippen molar-refractivity contribution in [3.8, 4) is 0 Å². The summed E-state index contributed by atoms with van der Waals surface area (Å²) in [5.41, 5.74) is 2.33. The van der Waals surface area contributed by atoms with Crippen LogP contribution in [-0.2, 0) is 13.0 Å². The molecule has 0 saturated carbocycles. The highest BCUT2D eigenvalue weighted by Crippen LogP contribution is 2.14. The van der Waals surface area contributed by atoms with Gasteiger partial charge in [0.05, 0.1) is 12.7 Å². The first-order valence-corrected chi connectivity index (χ1v) is 7.93. The van der Waals surface area contributed by atoms with Gasteiger partial charge in [0.25, 0.3) is 5.91 Å². The molecule has 1 amide bonds. The second kappa shape index (κ2) is 7.25. The van der Waals surface area contributed by atoms with Crippen LogP contribution in [0.1, 0.15) is 28.4 Å². The molecule has 0 saturated heterocycles. The van der Waals surface area contributed by atoms with Crippen LogP contribution in [0.3, 0.4) is 0 Å². The number of benzene rings is 2. The second-order valence-corrected chi connectivity index (χ2v) is 5.63. The van der Waals surface area contributed by atoms with E-state index in [1.165, 1.54) is 11.6 Å². The van der Waals surface area contributed by atoms with Crippen LogP contribution in [-0.4, -0.2) is 15.7 Å². The topological polar surface area (TPSA) is 46.9 Å². The van der Waals surface area contributed by atoms with Crippen molar-refractivity contribution in [1.82, 2.24) is 9.78 Å². The fourth-order valence-electron chi connectivity index (χ4n) is 2.44. The largest absolute Gasteiger partial charge is 0.307 e. The van der Waals surface area contributed by atoms with Crippen LogP contribution in [0.5, 0.6) is 0 Å². The normalized spacial score (nSPS) is 10.7. The molecule has 0 fully saturated rings. The van der Waals surface area contributed by atoms with Gasteiger partial charge in [-0.25, -0.2) is 13.5 Å². The maximum Gasteiger partial charge on any atom is 0.256 e. The van der Waals surface area contributed by atoms with Crippen molar-refractivity contribution < 1.29 is 13.6 Å². The van der Waals surface area contributed by atoms with Gasteiger partial charge in [-0.15, -0.1) is 0 Å². The van der Waals surface area contributed by atoms with Gasteiger partial charge in [-0.3, -0.25) is 4.79 Å². The van der Waals surface area contributed by atoms with Crippen LogP contribution in [0, 0.1) is 11.6 Å².